The van der Waals surface area contributed by atoms with Gasteiger partial charge in [0.25, 0.3) is 5.91 Å². The molecule has 2 heterocycles. The molecule has 2 amide bonds. The van der Waals surface area contributed by atoms with Crippen LogP contribution in [0, 0.1) is 0 Å². The van der Waals surface area contributed by atoms with Crippen LogP contribution in [0.1, 0.15) is 36.2 Å². The third kappa shape index (κ3) is 4.82. The summed E-state index contributed by atoms with van der Waals surface area (Å²) in [4.78, 5) is 50.2. The molecule has 0 radical (unpaired) electrons. The van der Waals surface area contributed by atoms with E-state index in [4.69, 9.17) is 4.74 Å². The molecule has 0 aliphatic carbocycles. The topological polar surface area (TPSA) is 102 Å². The summed E-state index contributed by atoms with van der Waals surface area (Å²) in [5.74, 6) is -0.721. The van der Waals surface area contributed by atoms with Crippen LogP contribution in [0.2, 0.25) is 0 Å². The van der Waals surface area contributed by atoms with Gasteiger partial charge in [-0.1, -0.05) is 18.2 Å². The highest BCUT2D eigenvalue weighted by Gasteiger charge is 2.51. The number of carbonyl (C=O) groups is 4. The van der Waals surface area contributed by atoms with Gasteiger partial charge >= 0.3 is 11.9 Å². The second-order valence-corrected chi connectivity index (χ2v) is 8.20. The molecule has 2 aliphatic heterocycles. The number of nitrogens with one attached hydrogen (secondary N) is 1. The highest BCUT2D eigenvalue weighted by atomic mass is 32.2. The largest absolute Gasteiger partial charge is 0.465 e. The number of fused-ring (bicyclic) bond motifs is 1. The van der Waals surface area contributed by atoms with Crippen molar-refractivity contribution in [3.8, 4) is 0 Å². The third-order valence-electron chi connectivity index (χ3n) is 5.02. The molecule has 1 aromatic carbocycles. The second-order valence-electron chi connectivity index (χ2n) is 7.01. The number of esters is 2. The van der Waals surface area contributed by atoms with E-state index in [2.05, 4.69) is 10.1 Å². The third-order valence-corrected chi connectivity index (χ3v) is 6.14. The summed E-state index contributed by atoms with van der Waals surface area (Å²) in [6, 6.07) is 6.42. The van der Waals surface area contributed by atoms with Crippen molar-refractivity contribution >= 4 is 35.5 Å². The van der Waals surface area contributed by atoms with Gasteiger partial charge < -0.3 is 14.8 Å². The van der Waals surface area contributed by atoms with Crippen LogP contribution in [0.5, 0.6) is 0 Å². The molecule has 0 saturated carbocycles. The second kappa shape index (κ2) is 9.82. The lowest BCUT2D eigenvalue weighted by Crippen LogP contribution is -2.52. The standard InChI is InChI=1S/C22H24N2O6S/c1-4-16-17-11-18(31-10-9-23-13(2)25)19(24(17)20(16)26)22(28)30-12-14-5-7-15(8-6-14)21(27)29-3/h4-8,17H,9-12H2,1-3H3,(H,23,25)/t17-/m1/s1. The predicted molar refractivity (Wildman–Crippen MR) is 115 cm³/mol. The van der Waals surface area contributed by atoms with Crippen LogP contribution in [0.15, 0.2) is 46.5 Å². The van der Waals surface area contributed by atoms with Gasteiger partial charge in [0.15, 0.2) is 0 Å². The first-order valence-corrected chi connectivity index (χ1v) is 10.8. The number of thioether (sulfide) groups is 1. The Balaban J connectivity index is 1.68. The van der Waals surface area contributed by atoms with E-state index in [0.717, 1.165) is 4.91 Å². The average molecular weight is 445 g/mol. The van der Waals surface area contributed by atoms with Gasteiger partial charge in [0, 0.05) is 36.1 Å². The number of carbonyl (C=O) groups excluding carboxylic acids is 4. The lowest BCUT2D eigenvalue weighted by Gasteiger charge is -2.38. The first-order chi connectivity index (χ1) is 14.9. The van der Waals surface area contributed by atoms with Crippen molar-refractivity contribution in [3.05, 3.63) is 57.6 Å². The van der Waals surface area contributed by atoms with Gasteiger partial charge in [0.2, 0.25) is 5.91 Å². The van der Waals surface area contributed by atoms with Crippen LogP contribution in [-0.2, 0) is 30.5 Å². The van der Waals surface area contributed by atoms with Gasteiger partial charge in [0.1, 0.15) is 12.3 Å². The Morgan fingerprint density at radius 1 is 1.23 bits per heavy atom. The number of β-lactam (4-membered cyclic amide) rings is 1. The van der Waals surface area contributed by atoms with Crippen molar-refractivity contribution < 1.29 is 28.7 Å². The maximum absolute atomic E-state index is 12.9. The first-order valence-electron chi connectivity index (χ1n) is 9.81. The van der Waals surface area contributed by atoms with Gasteiger partial charge in [-0.05, 0) is 24.6 Å². The van der Waals surface area contributed by atoms with Gasteiger partial charge in [-0.15, -0.1) is 11.8 Å². The molecule has 0 spiro atoms. The normalized spacial score (nSPS) is 18.5. The molecule has 31 heavy (non-hydrogen) atoms. The average Bonchev–Trinajstić information content (AvgIpc) is 3.09. The molecular weight excluding hydrogens is 420 g/mol. The van der Waals surface area contributed by atoms with Crippen LogP contribution in [0.4, 0.5) is 0 Å². The summed E-state index contributed by atoms with van der Waals surface area (Å²) in [5, 5.41) is 2.72. The van der Waals surface area contributed by atoms with Crippen molar-refractivity contribution in [1.82, 2.24) is 10.2 Å². The number of hydrogen-bond acceptors (Lipinski definition) is 7. The van der Waals surface area contributed by atoms with E-state index in [1.165, 1.54) is 30.7 Å². The molecule has 0 unspecified atom stereocenters. The number of methoxy groups -OCH3 is 1. The SMILES string of the molecule is CC=C1C(=O)N2C(C(=O)OCc3ccc(C(=O)OC)cc3)=C(SCCNC(C)=O)C[C@H]12. The molecule has 9 heteroatoms. The maximum Gasteiger partial charge on any atom is 0.356 e. The Labute approximate surface area is 184 Å². The van der Waals surface area contributed by atoms with Crippen LogP contribution < -0.4 is 5.32 Å². The summed E-state index contributed by atoms with van der Waals surface area (Å²) >= 11 is 1.45. The minimum absolute atomic E-state index is 0.0107. The van der Waals surface area contributed by atoms with Gasteiger partial charge in [-0.2, -0.15) is 0 Å². The number of ether oxygens (including phenoxy) is 2. The summed E-state index contributed by atoms with van der Waals surface area (Å²) < 4.78 is 10.1. The molecule has 1 atom stereocenters. The van der Waals surface area contributed by atoms with Crippen LogP contribution in [-0.4, -0.2) is 54.1 Å². The van der Waals surface area contributed by atoms with Crippen molar-refractivity contribution in [2.75, 3.05) is 19.4 Å². The van der Waals surface area contributed by atoms with E-state index < -0.39 is 11.9 Å². The Morgan fingerprint density at radius 3 is 2.55 bits per heavy atom. The van der Waals surface area contributed by atoms with E-state index in [1.54, 1.807) is 30.3 Å². The summed E-state index contributed by atoms with van der Waals surface area (Å²) in [5.41, 5.74) is 2.09. The Bertz CT molecular complexity index is 967. The van der Waals surface area contributed by atoms with E-state index in [0.29, 0.717) is 35.4 Å². The fourth-order valence-electron chi connectivity index (χ4n) is 3.49. The van der Waals surface area contributed by atoms with E-state index in [1.807, 2.05) is 6.92 Å². The lowest BCUT2D eigenvalue weighted by molar-refractivity contribution is -0.147. The smallest absolute Gasteiger partial charge is 0.356 e. The Morgan fingerprint density at radius 2 is 1.94 bits per heavy atom. The zero-order valence-corrected chi connectivity index (χ0v) is 18.4. The monoisotopic (exact) mass is 444 g/mol. The first kappa shape index (κ1) is 22.6. The maximum atomic E-state index is 12.9. The molecule has 8 nitrogen and oxygen atoms in total. The molecule has 2 aliphatic rings. The molecule has 0 aromatic heterocycles. The van der Waals surface area contributed by atoms with Crippen LogP contribution >= 0.6 is 11.8 Å². The number of rotatable bonds is 8. The van der Waals surface area contributed by atoms with E-state index in [-0.39, 0.29) is 30.2 Å². The molecule has 1 saturated heterocycles. The molecule has 0 bridgehead atoms. The highest BCUT2D eigenvalue weighted by molar-refractivity contribution is 8.03. The van der Waals surface area contributed by atoms with Crippen LogP contribution in [0.25, 0.3) is 0 Å². The van der Waals surface area contributed by atoms with E-state index in [9.17, 15) is 19.2 Å². The van der Waals surface area contributed by atoms with Gasteiger partial charge in [-0.25, -0.2) is 9.59 Å². The fourth-order valence-corrected chi connectivity index (χ4v) is 4.53. The zero-order chi connectivity index (χ0) is 22.5. The molecule has 1 fully saturated rings. The quantitative estimate of drug-likeness (QED) is 0.284. The molecular formula is C22H24N2O6S. The van der Waals surface area contributed by atoms with Gasteiger partial charge in [0.05, 0.1) is 18.7 Å². The summed E-state index contributed by atoms with van der Waals surface area (Å²) in [6.07, 6.45) is 2.34. The summed E-state index contributed by atoms with van der Waals surface area (Å²) in [6.45, 7) is 3.73. The Hall–Kier alpha value is -3.07. The van der Waals surface area contributed by atoms with E-state index >= 15 is 0 Å². The predicted octanol–water partition coefficient (Wildman–Crippen LogP) is 2.16. The minimum Gasteiger partial charge on any atom is -0.465 e. The van der Waals surface area contributed by atoms with Crippen LogP contribution in [0.3, 0.4) is 0 Å². The zero-order valence-electron chi connectivity index (χ0n) is 17.6. The van der Waals surface area contributed by atoms with Crippen molar-refractivity contribution in [3.63, 3.8) is 0 Å². The molecule has 1 N–H and O–H groups in total. The van der Waals surface area contributed by atoms with Crippen molar-refractivity contribution in [1.29, 1.82) is 0 Å². The number of allylic oxidation sites excluding steroid dienone is 1. The van der Waals surface area contributed by atoms with Gasteiger partial charge in [-0.3, -0.25) is 14.5 Å². The number of nitrogens with zero attached hydrogens (tertiary/aromatic N) is 1. The highest BCUT2D eigenvalue weighted by Crippen LogP contribution is 2.45. The van der Waals surface area contributed by atoms with Crippen molar-refractivity contribution in [2.45, 2.75) is 32.9 Å². The molecule has 3 rings (SSSR count). The fraction of sp³-hybridized carbons (Fsp3) is 0.364. The number of benzene rings is 1. The lowest BCUT2D eigenvalue weighted by atomic mass is 9.94. The number of hydrogen-bond donors (Lipinski definition) is 1. The summed E-state index contributed by atoms with van der Waals surface area (Å²) in [7, 11) is 1.31. The molecule has 164 valence electrons. The molecule has 1 aromatic rings. The van der Waals surface area contributed by atoms with Crippen molar-refractivity contribution in [2.24, 2.45) is 0 Å². The minimum atomic E-state index is -0.565. The Kier molecular flexibility index (Phi) is 7.17. The number of amides is 2.